The van der Waals surface area contributed by atoms with Crippen molar-refractivity contribution in [2.24, 2.45) is 0 Å². The Labute approximate surface area is 113 Å². The molecule has 2 nitrogen and oxygen atoms in total. The lowest BCUT2D eigenvalue weighted by Crippen LogP contribution is -2.14. The number of aryl methyl sites for hydroxylation is 1. The van der Waals surface area contributed by atoms with E-state index >= 15 is 0 Å². The minimum Gasteiger partial charge on any atom is -0.389 e. The summed E-state index contributed by atoms with van der Waals surface area (Å²) in [4.78, 5) is 1.89. The average Bonchev–Trinajstić information content (AvgIpc) is 2.37. The maximum absolute atomic E-state index is 13.9. The molecule has 3 heteroatoms. The molecule has 0 aliphatic heterocycles. The summed E-state index contributed by atoms with van der Waals surface area (Å²) in [5, 5.41) is 9.77. The molecule has 2 aromatic carbocycles. The molecule has 1 atom stereocenters. The predicted octanol–water partition coefficient (Wildman–Crippen LogP) is 3.96. The lowest BCUT2D eigenvalue weighted by Gasteiger charge is -2.24. The van der Waals surface area contributed by atoms with E-state index in [2.05, 4.69) is 0 Å². The van der Waals surface area contributed by atoms with Gasteiger partial charge in [-0.05, 0) is 43.7 Å². The van der Waals surface area contributed by atoms with E-state index in [0.717, 1.165) is 11.3 Å². The zero-order valence-electron chi connectivity index (χ0n) is 11.4. The summed E-state index contributed by atoms with van der Waals surface area (Å²) in [6.45, 7) is 3.59. The predicted molar refractivity (Wildman–Crippen MR) is 76.3 cm³/mol. The number of nitrogens with zero attached hydrogens (tertiary/aromatic N) is 1. The normalized spacial score (nSPS) is 12.3. The van der Waals surface area contributed by atoms with Gasteiger partial charge in [-0.3, -0.25) is 0 Å². The van der Waals surface area contributed by atoms with E-state index in [9.17, 15) is 9.50 Å². The maximum atomic E-state index is 13.9. The van der Waals surface area contributed by atoms with E-state index in [4.69, 9.17) is 0 Å². The van der Waals surface area contributed by atoms with Crippen molar-refractivity contribution in [1.29, 1.82) is 0 Å². The Hall–Kier alpha value is -1.87. The maximum Gasteiger partial charge on any atom is 0.131 e. The number of hydrogen-bond donors (Lipinski definition) is 1. The van der Waals surface area contributed by atoms with E-state index in [1.54, 1.807) is 13.0 Å². The highest BCUT2D eigenvalue weighted by molar-refractivity contribution is 5.66. The van der Waals surface area contributed by atoms with Crippen LogP contribution in [-0.4, -0.2) is 12.2 Å². The van der Waals surface area contributed by atoms with E-state index in [1.165, 1.54) is 6.07 Å². The van der Waals surface area contributed by atoms with Crippen LogP contribution in [0.5, 0.6) is 0 Å². The van der Waals surface area contributed by atoms with Crippen molar-refractivity contribution in [3.63, 3.8) is 0 Å². The highest BCUT2D eigenvalue weighted by Crippen LogP contribution is 2.32. The molecule has 2 aromatic rings. The van der Waals surface area contributed by atoms with Gasteiger partial charge >= 0.3 is 0 Å². The summed E-state index contributed by atoms with van der Waals surface area (Å²) in [6.07, 6.45) is -0.844. The van der Waals surface area contributed by atoms with Crippen molar-refractivity contribution in [1.82, 2.24) is 0 Å². The van der Waals surface area contributed by atoms with E-state index in [0.29, 0.717) is 11.3 Å². The monoisotopic (exact) mass is 259 g/mol. The van der Waals surface area contributed by atoms with Crippen LogP contribution in [0, 0.1) is 12.7 Å². The average molecular weight is 259 g/mol. The molecular weight excluding hydrogens is 241 g/mol. The minimum atomic E-state index is -0.844. The Morgan fingerprint density at radius 2 is 1.84 bits per heavy atom. The molecule has 0 aromatic heterocycles. The number of aliphatic hydroxyl groups is 1. The second-order valence-electron chi connectivity index (χ2n) is 4.75. The van der Waals surface area contributed by atoms with Gasteiger partial charge in [0, 0.05) is 24.0 Å². The van der Waals surface area contributed by atoms with Crippen LogP contribution in [0.15, 0.2) is 42.5 Å². The number of aliphatic hydroxyl groups excluding tert-OH is 1. The molecule has 0 heterocycles. The molecule has 19 heavy (non-hydrogen) atoms. The molecule has 0 fully saturated rings. The van der Waals surface area contributed by atoms with Gasteiger partial charge in [-0.2, -0.15) is 0 Å². The fraction of sp³-hybridized carbons (Fsp3) is 0.250. The fourth-order valence-corrected chi connectivity index (χ4v) is 2.21. The summed E-state index contributed by atoms with van der Waals surface area (Å²) in [6, 6.07) is 12.8. The zero-order chi connectivity index (χ0) is 14.0. The molecule has 2 rings (SSSR count). The number of benzene rings is 2. The summed E-state index contributed by atoms with van der Waals surface area (Å²) in [5.74, 6) is -0.382. The van der Waals surface area contributed by atoms with Gasteiger partial charge in [0.15, 0.2) is 0 Å². The van der Waals surface area contributed by atoms with Crippen LogP contribution in [0.4, 0.5) is 15.8 Å². The molecule has 0 bridgehead atoms. The van der Waals surface area contributed by atoms with Crippen LogP contribution in [0.1, 0.15) is 24.2 Å². The van der Waals surface area contributed by atoms with Gasteiger partial charge in [-0.1, -0.05) is 18.2 Å². The van der Waals surface area contributed by atoms with Gasteiger partial charge in [0.1, 0.15) is 5.82 Å². The third kappa shape index (κ3) is 2.76. The van der Waals surface area contributed by atoms with Crippen LogP contribution < -0.4 is 4.90 Å². The standard InChI is InChI=1S/C16H18FNO/c1-11-6-4-7-13(10-11)18(3)15-9-5-8-14(17)16(15)12(2)19/h4-10,12,19H,1-3H3. The minimum absolute atomic E-state index is 0.325. The van der Waals surface area contributed by atoms with Crippen molar-refractivity contribution < 1.29 is 9.50 Å². The Morgan fingerprint density at radius 3 is 2.47 bits per heavy atom. The molecule has 0 spiro atoms. The smallest absolute Gasteiger partial charge is 0.131 e. The number of halogens is 1. The first-order valence-corrected chi connectivity index (χ1v) is 6.27. The molecule has 1 unspecified atom stereocenters. The first-order chi connectivity index (χ1) is 9.00. The number of hydrogen-bond acceptors (Lipinski definition) is 2. The Morgan fingerprint density at radius 1 is 1.16 bits per heavy atom. The van der Waals surface area contributed by atoms with Crippen molar-refractivity contribution in [3.05, 3.63) is 59.4 Å². The molecule has 0 saturated carbocycles. The van der Waals surface area contributed by atoms with Gasteiger partial charge in [0.2, 0.25) is 0 Å². The van der Waals surface area contributed by atoms with E-state index < -0.39 is 6.10 Å². The number of rotatable bonds is 3. The molecular formula is C16H18FNO. The zero-order valence-corrected chi connectivity index (χ0v) is 11.4. The highest BCUT2D eigenvalue weighted by atomic mass is 19.1. The summed E-state index contributed by atoms with van der Waals surface area (Å²) in [5.41, 5.74) is 3.11. The third-order valence-electron chi connectivity index (χ3n) is 3.20. The van der Waals surface area contributed by atoms with Crippen LogP contribution >= 0.6 is 0 Å². The topological polar surface area (TPSA) is 23.5 Å². The van der Waals surface area contributed by atoms with Crippen molar-refractivity contribution >= 4 is 11.4 Å². The highest BCUT2D eigenvalue weighted by Gasteiger charge is 2.17. The van der Waals surface area contributed by atoms with Crippen LogP contribution in [-0.2, 0) is 0 Å². The molecule has 0 saturated heterocycles. The van der Waals surface area contributed by atoms with E-state index in [1.807, 2.05) is 49.2 Å². The second kappa shape index (κ2) is 5.41. The molecule has 0 amide bonds. The molecule has 0 radical (unpaired) electrons. The Kier molecular flexibility index (Phi) is 3.86. The Bertz CT molecular complexity index is 581. The largest absolute Gasteiger partial charge is 0.389 e. The molecule has 0 aliphatic rings. The van der Waals surface area contributed by atoms with Crippen molar-refractivity contribution in [3.8, 4) is 0 Å². The van der Waals surface area contributed by atoms with Crippen LogP contribution in [0.25, 0.3) is 0 Å². The first kappa shape index (κ1) is 13.6. The summed E-state index contributed by atoms with van der Waals surface area (Å²) < 4.78 is 13.9. The van der Waals surface area contributed by atoms with Gasteiger partial charge in [-0.15, -0.1) is 0 Å². The van der Waals surface area contributed by atoms with Crippen molar-refractivity contribution in [2.75, 3.05) is 11.9 Å². The quantitative estimate of drug-likeness (QED) is 0.902. The fourth-order valence-electron chi connectivity index (χ4n) is 2.21. The lowest BCUT2D eigenvalue weighted by atomic mass is 10.1. The van der Waals surface area contributed by atoms with Gasteiger partial charge < -0.3 is 10.0 Å². The van der Waals surface area contributed by atoms with Gasteiger partial charge in [0.25, 0.3) is 0 Å². The van der Waals surface area contributed by atoms with Gasteiger partial charge in [-0.25, -0.2) is 4.39 Å². The SMILES string of the molecule is Cc1cccc(N(C)c2cccc(F)c2C(C)O)c1. The number of anilines is 2. The van der Waals surface area contributed by atoms with E-state index in [-0.39, 0.29) is 5.82 Å². The molecule has 1 N–H and O–H groups in total. The first-order valence-electron chi connectivity index (χ1n) is 6.27. The lowest BCUT2D eigenvalue weighted by molar-refractivity contribution is 0.194. The van der Waals surface area contributed by atoms with Gasteiger partial charge in [0.05, 0.1) is 6.10 Å². The summed E-state index contributed by atoms with van der Waals surface area (Å²) in [7, 11) is 1.87. The second-order valence-corrected chi connectivity index (χ2v) is 4.75. The molecule has 100 valence electrons. The van der Waals surface area contributed by atoms with Crippen molar-refractivity contribution in [2.45, 2.75) is 20.0 Å². The van der Waals surface area contributed by atoms with Crippen LogP contribution in [0.2, 0.25) is 0 Å². The Balaban J connectivity index is 2.50. The summed E-state index contributed by atoms with van der Waals surface area (Å²) >= 11 is 0. The molecule has 0 aliphatic carbocycles. The third-order valence-corrected chi connectivity index (χ3v) is 3.20. The van der Waals surface area contributed by atoms with Crippen LogP contribution in [0.3, 0.4) is 0 Å².